The third kappa shape index (κ3) is 2.38. The van der Waals surface area contributed by atoms with Crippen LogP contribution in [0.5, 0.6) is 5.75 Å². The summed E-state index contributed by atoms with van der Waals surface area (Å²) in [6, 6.07) is 3.72. The quantitative estimate of drug-likeness (QED) is 0.924. The molecular formula is C13H14ClN3O. The van der Waals surface area contributed by atoms with Gasteiger partial charge in [0.2, 0.25) is 5.95 Å². The lowest BCUT2D eigenvalue weighted by atomic mass is 10.0. The molecule has 0 aliphatic heterocycles. The molecule has 2 rings (SSSR count). The van der Waals surface area contributed by atoms with Gasteiger partial charge in [0, 0.05) is 35.6 Å². The normalized spacial score (nSPS) is 10.2. The zero-order valence-corrected chi connectivity index (χ0v) is 11.2. The predicted octanol–water partition coefficient (Wildman–Crippen LogP) is 3.16. The number of rotatable bonds is 3. The van der Waals surface area contributed by atoms with E-state index in [2.05, 4.69) is 15.3 Å². The number of hydrogen-bond acceptors (Lipinski definition) is 4. The second-order valence-corrected chi connectivity index (χ2v) is 4.29. The van der Waals surface area contributed by atoms with Gasteiger partial charge in [-0.15, -0.1) is 0 Å². The van der Waals surface area contributed by atoms with Crippen molar-refractivity contribution in [3.05, 3.63) is 35.1 Å². The monoisotopic (exact) mass is 263 g/mol. The number of aromatic nitrogens is 2. The molecule has 1 heterocycles. The molecule has 1 N–H and O–H groups in total. The Balaban J connectivity index is 2.54. The molecule has 0 aliphatic carbocycles. The van der Waals surface area contributed by atoms with Crippen molar-refractivity contribution in [2.75, 3.05) is 19.5 Å². The van der Waals surface area contributed by atoms with Crippen molar-refractivity contribution in [1.29, 1.82) is 0 Å². The smallest absolute Gasteiger partial charge is 0.222 e. The summed E-state index contributed by atoms with van der Waals surface area (Å²) in [7, 11) is 3.42. The summed E-state index contributed by atoms with van der Waals surface area (Å²) < 4.78 is 5.41. The molecule has 0 atom stereocenters. The van der Waals surface area contributed by atoms with Crippen LogP contribution in [0.15, 0.2) is 24.5 Å². The fraction of sp³-hybridized carbons (Fsp3) is 0.231. The summed E-state index contributed by atoms with van der Waals surface area (Å²) in [5.74, 6) is 1.37. The maximum Gasteiger partial charge on any atom is 0.222 e. The minimum atomic E-state index is 0.580. The first kappa shape index (κ1) is 12.6. The minimum Gasteiger partial charge on any atom is -0.496 e. The molecule has 0 amide bonds. The van der Waals surface area contributed by atoms with E-state index in [0.29, 0.717) is 11.0 Å². The van der Waals surface area contributed by atoms with Crippen LogP contribution in [-0.2, 0) is 0 Å². The second kappa shape index (κ2) is 5.23. The Hall–Kier alpha value is -1.81. The topological polar surface area (TPSA) is 47.0 Å². The van der Waals surface area contributed by atoms with E-state index >= 15 is 0 Å². The Bertz CT molecular complexity index is 555. The van der Waals surface area contributed by atoms with Gasteiger partial charge in [-0.3, -0.25) is 0 Å². The Labute approximate surface area is 111 Å². The van der Waals surface area contributed by atoms with E-state index in [1.807, 2.05) is 19.1 Å². The highest BCUT2D eigenvalue weighted by Crippen LogP contribution is 2.35. The van der Waals surface area contributed by atoms with Crippen molar-refractivity contribution >= 4 is 17.5 Å². The molecule has 0 spiro atoms. The molecule has 0 unspecified atom stereocenters. The predicted molar refractivity (Wildman–Crippen MR) is 73.3 cm³/mol. The van der Waals surface area contributed by atoms with Crippen molar-refractivity contribution in [1.82, 2.24) is 9.97 Å². The van der Waals surface area contributed by atoms with Crippen LogP contribution in [0.25, 0.3) is 11.1 Å². The molecule has 0 fully saturated rings. The van der Waals surface area contributed by atoms with Crippen LogP contribution in [0, 0.1) is 6.92 Å². The lowest BCUT2D eigenvalue weighted by Gasteiger charge is -2.12. The van der Waals surface area contributed by atoms with Gasteiger partial charge in [-0.05, 0) is 24.6 Å². The highest BCUT2D eigenvalue weighted by Gasteiger charge is 2.11. The molecular weight excluding hydrogens is 250 g/mol. The van der Waals surface area contributed by atoms with E-state index in [0.717, 1.165) is 22.4 Å². The van der Waals surface area contributed by atoms with Gasteiger partial charge in [0.25, 0.3) is 0 Å². The number of nitrogens with zero attached hydrogens (tertiary/aromatic N) is 2. The molecule has 0 saturated carbocycles. The van der Waals surface area contributed by atoms with Crippen LogP contribution in [-0.4, -0.2) is 24.1 Å². The number of ether oxygens (including phenoxy) is 1. The van der Waals surface area contributed by atoms with Crippen molar-refractivity contribution in [3.8, 4) is 16.9 Å². The van der Waals surface area contributed by atoms with Gasteiger partial charge in [-0.1, -0.05) is 11.6 Å². The lowest BCUT2D eigenvalue weighted by Crippen LogP contribution is -1.97. The van der Waals surface area contributed by atoms with E-state index in [9.17, 15) is 0 Å². The van der Waals surface area contributed by atoms with Gasteiger partial charge in [0.05, 0.1) is 7.11 Å². The largest absolute Gasteiger partial charge is 0.496 e. The zero-order chi connectivity index (χ0) is 13.1. The fourth-order valence-electron chi connectivity index (χ4n) is 1.81. The lowest BCUT2D eigenvalue weighted by molar-refractivity contribution is 0.413. The standard InChI is InChI=1S/C13H14ClN3O/c1-8-4-10(14)5-11(12(8)18-3)9-6-16-13(15-2)17-7-9/h4-7H,1-3H3,(H,15,16,17). The molecule has 94 valence electrons. The summed E-state index contributed by atoms with van der Waals surface area (Å²) in [4.78, 5) is 8.37. The average molecular weight is 264 g/mol. The average Bonchev–Trinajstić information content (AvgIpc) is 2.38. The van der Waals surface area contributed by atoms with Crippen molar-refractivity contribution in [2.45, 2.75) is 6.92 Å². The molecule has 1 aromatic carbocycles. The fourth-order valence-corrected chi connectivity index (χ4v) is 2.08. The molecule has 4 nitrogen and oxygen atoms in total. The molecule has 0 radical (unpaired) electrons. The van der Waals surface area contributed by atoms with Crippen LogP contribution >= 0.6 is 11.6 Å². The summed E-state index contributed by atoms with van der Waals surface area (Å²) in [5.41, 5.74) is 2.75. The summed E-state index contributed by atoms with van der Waals surface area (Å²) in [6.45, 7) is 1.96. The minimum absolute atomic E-state index is 0.580. The number of halogens is 1. The number of aryl methyl sites for hydroxylation is 1. The number of hydrogen-bond donors (Lipinski definition) is 1. The van der Waals surface area contributed by atoms with Crippen LogP contribution in [0.4, 0.5) is 5.95 Å². The van der Waals surface area contributed by atoms with E-state index in [4.69, 9.17) is 16.3 Å². The molecule has 1 aromatic heterocycles. The van der Waals surface area contributed by atoms with E-state index in [1.165, 1.54) is 0 Å². The number of benzene rings is 1. The first-order valence-corrected chi connectivity index (χ1v) is 5.87. The van der Waals surface area contributed by atoms with E-state index < -0.39 is 0 Å². The molecule has 2 aromatic rings. The van der Waals surface area contributed by atoms with Crippen LogP contribution in [0.3, 0.4) is 0 Å². The summed E-state index contributed by atoms with van der Waals surface area (Å²) in [5, 5.41) is 3.55. The van der Waals surface area contributed by atoms with Gasteiger partial charge in [-0.25, -0.2) is 9.97 Å². The second-order valence-electron chi connectivity index (χ2n) is 3.85. The van der Waals surface area contributed by atoms with E-state index in [1.54, 1.807) is 26.6 Å². The Morgan fingerprint density at radius 1 is 1.22 bits per heavy atom. The Morgan fingerprint density at radius 2 is 1.89 bits per heavy atom. The van der Waals surface area contributed by atoms with E-state index in [-0.39, 0.29) is 0 Å². The number of methoxy groups -OCH3 is 1. The zero-order valence-electron chi connectivity index (χ0n) is 10.5. The first-order valence-electron chi connectivity index (χ1n) is 5.50. The van der Waals surface area contributed by atoms with Gasteiger partial charge in [-0.2, -0.15) is 0 Å². The maximum atomic E-state index is 6.08. The maximum absolute atomic E-state index is 6.08. The Morgan fingerprint density at radius 3 is 2.44 bits per heavy atom. The number of anilines is 1. The van der Waals surface area contributed by atoms with Gasteiger partial charge in [0.1, 0.15) is 5.75 Å². The van der Waals surface area contributed by atoms with Gasteiger partial charge < -0.3 is 10.1 Å². The molecule has 18 heavy (non-hydrogen) atoms. The summed E-state index contributed by atoms with van der Waals surface area (Å²) in [6.07, 6.45) is 3.49. The van der Waals surface area contributed by atoms with Crippen molar-refractivity contribution in [3.63, 3.8) is 0 Å². The molecule has 5 heteroatoms. The number of nitrogens with one attached hydrogen (secondary N) is 1. The van der Waals surface area contributed by atoms with Crippen LogP contribution in [0.2, 0.25) is 5.02 Å². The third-order valence-corrected chi connectivity index (χ3v) is 2.85. The van der Waals surface area contributed by atoms with Gasteiger partial charge >= 0.3 is 0 Å². The SMILES string of the molecule is CNc1ncc(-c2cc(Cl)cc(C)c2OC)cn1. The van der Waals surface area contributed by atoms with Gasteiger partial charge in [0.15, 0.2) is 0 Å². The Kier molecular flexibility index (Phi) is 3.67. The van der Waals surface area contributed by atoms with Crippen LogP contribution < -0.4 is 10.1 Å². The van der Waals surface area contributed by atoms with Crippen molar-refractivity contribution < 1.29 is 4.74 Å². The molecule has 0 saturated heterocycles. The van der Waals surface area contributed by atoms with Crippen LogP contribution in [0.1, 0.15) is 5.56 Å². The third-order valence-electron chi connectivity index (χ3n) is 2.63. The van der Waals surface area contributed by atoms with Crippen molar-refractivity contribution in [2.24, 2.45) is 0 Å². The molecule has 0 aliphatic rings. The highest BCUT2D eigenvalue weighted by atomic mass is 35.5. The highest BCUT2D eigenvalue weighted by molar-refractivity contribution is 6.31. The molecule has 0 bridgehead atoms. The summed E-state index contributed by atoms with van der Waals surface area (Å²) >= 11 is 6.08. The first-order chi connectivity index (χ1) is 8.65.